The van der Waals surface area contributed by atoms with Crippen molar-refractivity contribution in [3.05, 3.63) is 58.3 Å². The van der Waals surface area contributed by atoms with Crippen LogP contribution in [0.4, 0.5) is 15.8 Å². The van der Waals surface area contributed by atoms with Gasteiger partial charge in [0.05, 0.1) is 24.7 Å². The molecule has 0 aromatic heterocycles. The van der Waals surface area contributed by atoms with Crippen molar-refractivity contribution in [2.45, 2.75) is 6.42 Å². The molecule has 0 atom stereocenters. The lowest BCUT2D eigenvalue weighted by atomic mass is 10.1. The molecule has 0 fully saturated rings. The number of carbonyl (C=O) groups excluding carboxylic acids is 1. The third-order valence-electron chi connectivity index (χ3n) is 2.89. The number of rotatable bonds is 5. The minimum atomic E-state index is -0.428. The maximum Gasteiger partial charge on any atom is 0.243 e. The van der Waals surface area contributed by atoms with Crippen molar-refractivity contribution in [1.82, 2.24) is 0 Å². The largest absolute Gasteiger partial charge is 0.374 e. The predicted octanol–water partition coefficient (Wildman–Crippen LogP) is 3.70. The lowest BCUT2D eigenvalue weighted by Crippen LogP contribution is -2.22. The fraction of sp³-hybridized carbons (Fsp3) is 0.125. The van der Waals surface area contributed by atoms with E-state index in [1.807, 2.05) is 0 Å². The molecule has 0 radical (unpaired) electrons. The molecule has 0 unspecified atom stereocenters. The second-order valence-electron chi connectivity index (χ2n) is 4.56. The summed E-state index contributed by atoms with van der Waals surface area (Å²) in [4.78, 5) is 11.8. The third kappa shape index (κ3) is 4.57. The standard InChI is InChI=1S/C16H13BrFN3O/c17-12-3-6-15(14(18)9-12)20-10-16(22)21-13-4-1-11(2-5-13)7-8-19/h1-6,9,20H,7,10H2,(H,21,22). The van der Waals surface area contributed by atoms with Crippen LogP contribution in [0.1, 0.15) is 5.56 Å². The first-order chi connectivity index (χ1) is 10.6. The minimum Gasteiger partial charge on any atom is -0.374 e. The van der Waals surface area contributed by atoms with Gasteiger partial charge in [-0.3, -0.25) is 4.79 Å². The maximum atomic E-state index is 13.6. The molecule has 2 rings (SSSR count). The summed E-state index contributed by atoms with van der Waals surface area (Å²) in [5.74, 6) is -0.710. The summed E-state index contributed by atoms with van der Waals surface area (Å²) in [7, 11) is 0. The van der Waals surface area contributed by atoms with Crippen LogP contribution in [-0.4, -0.2) is 12.5 Å². The van der Waals surface area contributed by atoms with Crippen LogP contribution < -0.4 is 10.6 Å². The number of anilines is 2. The highest BCUT2D eigenvalue weighted by molar-refractivity contribution is 9.10. The van der Waals surface area contributed by atoms with E-state index in [2.05, 4.69) is 32.6 Å². The van der Waals surface area contributed by atoms with Crippen molar-refractivity contribution in [2.75, 3.05) is 17.2 Å². The maximum absolute atomic E-state index is 13.6. The average Bonchev–Trinajstić information content (AvgIpc) is 2.49. The monoisotopic (exact) mass is 361 g/mol. The fourth-order valence-corrected chi connectivity index (χ4v) is 2.14. The lowest BCUT2D eigenvalue weighted by Gasteiger charge is -2.09. The number of amides is 1. The van der Waals surface area contributed by atoms with E-state index in [0.717, 1.165) is 5.56 Å². The van der Waals surface area contributed by atoms with Gasteiger partial charge in [0.15, 0.2) is 0 Å². The highest BCUT2D eigenvalue weighted by atomic mass is 79.9. The van der Waals surface area contributed by atoms with Gasteiger partial charge in [-0.25, -0.2) is 4.39 Å². The second kappa shape index (κ2) is 7.57. The number of carbonyl (C=O) groups is 1. The topological polar surface area (TPSA) is 64.9 Å². The van der Waals surface area contributed by atoms with E-state index in [9.17, 15) is 9.18 Å². The molecule has 1 amide bonds. The number of benzene rings is 2. The summed E-state index contributed by atoms with van der Waals surface area (Å²) in [6.45, 7) is -0.0432. The van der Waals surface area contributed by atoms with Crippen LogP contribution in [0.25, 0.3) is 0 Å². The average molecular weight is 362 g/mol. The van der Waals surface area contributed by atoms with E-state index in [-0.39, 0.29) is 18.1 Å². The molecule has 0 aliphatic carbocycles. The molecule has 22 heavy (non-hydrogen) atoms. The Morgan fingerprint density at radius 1 is 1.23 bits per heavy atom. The quantitative estimate of drug-likeness (QED) is 0.853. The molecule has 0 saturated carbocycles. The predicted molar refractivity (Wildman–Crippen MR) is 87.0 cm³/mol. The van der Waals surface area contributed by atoms with E-state index in [1.54, 1.807) is 36.4 Å². The Balaban J connectivity index is 1.89. The van der Waals surface area contributed by atoms with Crippen LogP contribution in [0.5, 0.6) is 0 Å². The van der Waals surface area contributed by atoms with Gasteiger partial charge in [0.1, 0.15) is 5.82 Å². The molecule has 0 saturated heterocycles. The van der Waals surface area contributed by atoms with E-state index in [0.29, 0.717) is 16.6 Å². The number of halogens is 2. The van der Waals surface area contributed by atoms with Gasteiger partial charge in [0.25, 0.3) is 0 Å². The summed E-state index contributed by atoms with van der Waals surface area (Å²) >= 11 is 3.17. The van der Waals surface area contributed by atoms with Crippen LogP contribution >= 0.6 is 15.9 Å². The number of nitrogens with one attached hydrogen (secondary N) is 2. The normalized spacial score (nSPS) is 9.86. The Hall–Kier alpha value is -2.39. The van der Waals surface area contributed by atoms with E-state index >= 15 is 0 Å². The number of nitrogens with zero attached hydrogens (tertiary/aromatic N) is 1. The first-order valence-corrected chi connectivity index (χ1v) is 7.32. The summed E-state index contributed by atoms with van der Waals surface area (Å²) in [5.41, 5.74) is 1.78. The number of nitriles is 1. The zero-order chi connectivity index (χ0) is 15.9. The molecular formula is C16H13BrFN3O. The van der Waals surface area contributed by atoms with Crippen LogP contribution in [0, 0.1) is 17.1 Å². The molecular weight excluding hydrogens is 349 g/mol. The van der Waals surface area contributed by atoms with Crippen molar-refractivity contribution in [2.24, 2.45) is 0 Å². The van der Waals surface area contributed by atoms with E-state index in [1.165, 1.54) is 6.07 Å². The van der Waals surface area contributed by atoms with Crippen LogP contribution in [0.15, 0.2) is 46.9 Å². The molecule has 2 aromatic rings. The smallest absolute Gasteiger partial charge is 0.243 e. The second-order valence-corrected chi connectivity index (χ2v) is 5.47. The Kier molecular flexibility index (Phi) is 5.50. The molecule has 0 heterocycles. The summed E-state index contributed by atoms with van der Waals surface area (Å²) in [5, 5.41) is 14.0. The van der Waals surface area contributed by atoms with E-state index < -0.39 is 5.82 Å². The summed E-state index contributed by atoms with van der Waals surface area (Å²) in [6.07, 6.45) is 0.332. The van der Waals surface area contributed by atoms with E-state index in [4.69, 9.17) is 5.26 Å². The highest BCUT2D eigenvalue weighted by Gasteiger charge is 2.06. The molecule has 0 aliphatic rings. The Bertz CT molecular complexity index is 710. The SMILES string of the molecule is N#CCc1ccc(NC(=O)CNc2ccc(Br)cc2F)cc1. The van der Waals surface area contributed by atoms with Gasteiger partial charge >= 0.3 is 0 Å². The van der Waals surface area contributed by atoms with Gasteiger partial charge in [-0.15, -0.1) is 0 Å². The minimum absolute atomic E-state index is 0.0432. The molecule has 112 valence electrons. The van der Waals surface area contributed by atoms with Crippen molar-refractivity contribution < 1.29 is 9.18 Å². The Labute approximate surface area is 136 Å². The van der Waals surface area contributed by atoms with Gasteiger partial charge in [0.2, 0.25) is 5.91 Å². The third-order valence-corrected chi connectivity index (χ3v) is 3.38. The number of hydrogen-bond acceptors (Lipinski definition) is 3. The molecule has 6 heteroatoms. The zero-order valence-corrected chi connectivity index (χ0v) is 13.2. The van der Waals surface area contributed by atoms with Gasteiger partial charge in [-0.1, -0.05) is 28.1 Å². The molecule has 2 aromatic carbocycles. The highest BCUT2D eigenvalue weighted by Crippen LogP contribution is 2.19. The van der Waals surface area contributed by atoms with Crippen molar-refractivity contribution in [3.63, 3.8) is 0 Å². The lowest BCUT2D eigenvalue weighted by molar-refractivity contribution is -0.114. The fourth-order valence-electron chi connectivity index (χ4n) is 1.81. The first-order valence-electron chi connectivity index (χ1n) is 6.53. The van der Waals surface area contributed by atoms with Crippen molar-refractivity contribution >= 4 is 33.2 Å². The van der Waals surface area contributed by atoms with Crippen molar-refractivity contribution in [1.29, 1.82) is 5.26 Å². The Morgan fingerprint density at radius 3 is 2.59 bits per heavy atom. The first kappa shape index (κ1) is 16.0. The molecule has 0 bridgehead atoms. The molecule has 0 spiro atoms. The Morgan fingerprint density at radius 2 is 1.95 bits per heavy atom. The van der Waals surface area contributed by atoms with Gasteiger partial charge in [-0.05, 0) is 35.9 Å². The van der Waals surface area contributed by atoms with Crippen LogP contribution in [-0.2, 0) is 11.2 Å². The van der Waals surface area contributed by atoms with Gasteiger partial charge in [0, 0.05) is 10.2 Å². The summed E-state index contributed by atoms with van der Waals surface area (Å²) < 4.78 is 14.2. The van der Waals surface area contributed by atoms with Crippen LogP contribution in [0.2, 0.25) is 0 Å². The molecule has 2 N–H and O–H groups in total. The zero-order valence-electron chi connectivity index (χ0n) is 11.6. The molecule has 0 aliphatic heterocycles. The molecule has 4 nitrogen and oxygen atoms in total. The van der Waals surface area contributed by atoms with Crippen LogP contribution in [0.3, 0.4) is 0 Å². The summed E-state index contributed by atoms with van der Waals surface area (Å²) in [6, 6.07) is 13.6. The number of hydrogen-bond donors (Lipinski definition) is 2. The van der Waals surface area contributed by atoms with Gasteiger partial charge in [-0.2, -0.15) is 5.26 Å². The van der Waals surface area contributed by atoms with Crippen molar-refractivity contribution in [3.8, 4) is 6.07 Å². The van der Waals surface area contributed by atoms with Gasteiger partial charge < -0.3 is 10.6 Å².